The van der Waals surface area contributed by atoms with Gasteiger partial charge >= 0.3 is 0 Å². The lowest BCUT2D eigenvalue weighted by Gasteiger charge is -2.14. The molecule has 0 fully saturated rings. The molecule has 8 nitrogen and oxygen atoms in total. The van der Waals surface area contributed by atoms with Crippen LogP contribution < -0.4 is 15.4 Å². The van der Waals surface area contributed by atoms with Crippen LogP contribution in [0.1, 0.15) is 21.5 Å². The predicted octanol–water partition coefficient (Wildman–Crippen LogP) is 5.74. The summed E-state index contributed by atoms with van der Waals surface area (Å²) in [7, 11) is 1.43. The van der Waals surface area contributed by atoms with Crippen LogP contribution in [0.25, 0.3) is 6.08 Å². The van der Waals surface area contributed by atoms with Crippen LogP contribution in [0.2, 0.25) is 5.02 Å². The first kappa shape index (κ1) is 24.9. The zero-order chi connectivity index (χ0) is 24.8. The Hall–Kier alpha value is -3.69. The Morgan fingerprint density at radius 3 is 2.59 bits per heavy atom. The van der Waals surface area contributed by atoms with Crippen LogP contribution in [-0.2, 0) is 4.79 Å². The smallest absolute Gasteiger partial charge is 0.272 e. The van der Waals surface area contributed by atoms with Gasteiger partial charge in [-0.1, -0.05) is 45.7 Å². The third-order valence-electron chi connectivity index (χ3n) is 4.74. The van der Waals surface area contributed by atoms with Crippen molar-refractivity contribution in [1.82, 2.24) is 5.32 Å². The van der Waals surface area contributed by atoms with Crippen LogP contribution in [0.5, 0.6) is 5.75 Å². The quantitative estimate of drug-likeness (QED) is 0.224. The summed E-state index contributed by atoms with van der Waals surface area (Å²) in [6.45, 7) is 1.79. The third kappa shape index (κ3) is 6.21. The largest absolute Gasteiger partial charge is 0.496 e. The first-order valence-corrected chi connectivity index (χ1v) is 11.0. The Morgan fingerprint density at radius 1 is 1.12 bits per heavy atom. The fourth-order valence-electron chi connectivity index (χ4n) is 3.02. The molecule has 0 aliphatic carbocycles. The number of nitro benzene ring substituents is 1. The molecule has 3 rings (SSSR count). The number of nitrogens with one attached hydrogen (secondary N) is 2. The van der Waals surface area contributed by atoms with E-state index in [1.165, 1.54) is 31.4 Å². The maximum absolute atomic E-state index is 13.2. The van der Waals surface area contributed by atoms with Crippen LogP contribution in [0, 0.1) is 17.0 Å². The van der Waals surface area contributed by atoms with Crippen LogP contribution in [0.3, 0.4) is 0 Å². The monoisotopic (exact) mass is 543 g/mol. The summed E-state index contributed by atoms with van der Waals surface area (Å²) in [5, 5.41) is 16.9. The van der Waals surface area contributed by atoms with Crippen molar-refractivity contribution in [2.75, 3.05) is 12.4 Å². The number of ether oxygens (including phenoxy) is 1. The van der Waals surface area contributed by atoms with Gasteiger partial charge in [0.05, 0.1) is 17.6 Å². The van der Waals surface area contributed by atoms with Gasteiger partial charge in [-0.3, -0.25) is 19.7 Å². The number of hydrogen-bond donors (Lipinski definition) is 2. The van der Waals surface area contributed by atoms with Gasteiger partial charge in [0.25, 0.3) is 17.5 Å². The van der Waals surface area contributed by atoms with Crippen LogP contribution >= 0.6 is 27.5 Å². The molecule has 3 aromatic carbocycles. The number of carbonyl (C=O) groups is 2. The number of halogens is 2. The summed E-state index contributed by atoms with van der Waals surface area (Å²) in [5.74, 6) is -0.937. The number of amides is 2. The van der Waals surface area contributed by atoms with E-state index in [1.807, 2.05) is 0 Å². The summed E-state index contributed by atoms with van der Waals surface area (Å²) in [6.07, 6.45) is 1.35. The molecule has 0 spiro atoms. The molecule has 174 valence electrons. The van der Waals surface area contributed by atoms with E-state index in [2.05, 4.69) is 26.6 Å². The van der Waals surface area contributed by atoms with Crippen molar-refractivity contribution in [2.24, 2.45) is 0 Å². The van der Waals surface area contributed by atoms with Crippen LogP contribution in [-0.4, -0.2) is 23.8 Å². The second kappa shape index (κ2) is 11.0. The molecule has 0 saturated carbocycles. The van der Waals surface area contributed by atoms with Crippen molar-refractivity contribution in [1.29, 1.82) is 0 Å². The molecular weight excluding hydrogens is 526 g/mol. The van der Waals surface area contributed by atoms with Crippen molar-refractivity contribution in [3.63, 3.8) is 0 Å². The first-order chi connectivity index (χ1) is 16.2. The summed E-state index contributed by atoms with van der Waals surface area (Å²) in [4.78, 5) is 36.9. The number of methoxy groups -OCH3 is 1. The average Bonchev–Trinajstić information content (AvgIpc) is 2.81. The van der Waals surface area contributed by atoms with E-state index in [9.17, 15) is 19.7 Å². The molecule has 3 aromatic rings. The van der Waals surface area contributed by atoms with E-state index >= 15 is 0 Å². The molecule has 0 radical (unpaired) electrons. The van der Waals surface area contributed by atoms with E-state index in [-0.39, 0.29) is 16.9 Å². The molecule has 34 heavy (non-hydrogen) atoms. The molecule has 2 amide bonds. The molecule has 0 heterocycles. The van der Waals surface area contributed by atoms with E-state index in [0.29, 0.717) is 26.5 Å². The van der Waals surface area contributed by atoms with Crippen molar-refractivity contribution < 1.29 is 19.2 Å². The average molecular weight is 545 g/mol. The normalized spacial score (nSPS) is 11.0. The SMILES string of the molecule is COc1ccc(Br)cc1C(=O)NC(=Cc1cccc([N+](=O)[O-])c1)C(=O)Nc1cc(Cl)ccc1C. The van der Waals surface area contributed by atoms with Crippen molar-refractivity contribution >= 4 is 56.8 Å². The van der Waals surface area contributed by atoms with E-state index < -0.39 is 16.7 Å². The summed E-state index contributed by atoms with van der Waals surface area (Å²) in [5.41, 5.74) is 1.47. The molecule has 0 saturated heterocycles. The van der Waals surface area contributed by atoms with Gasteiger partial charge in [0.1, 0.15) is 11.4 Å². The molecule has 2 N–H and O–H groups in total. The molecular formula is C24H19BrClN3O5. The first-order valence-electron chi connectivity index (χ1n) is 9.86. The van der Waals surface area contributed by atoms with E-state index in [4.69, 9.17) is 16.3 Å². The van der Waals surface area contributed by atoms with Crippen LogP contribution in [0.15, 0.2) is 70.8 Å². The Balaban J connectivity index is 2.01. The Morgan fingerprint density at radius 2 is 1.88 bits per heavy atom. The van der Waals surface area contributed by atoms with Gasteiger partial charge in [0.2, 0.25) is 0 Å². The van der Waals surface area contributed by atoms with Gasteiger partial charge in [0, 0.05) is 27.3 Å². The number of anilines is 1. The molecule has 0 aliphatic rings. The minimum Gasteiger partial charge on any atom is -0.496 e. The van der Waals surface area contributed by atoms with Gasteiger partial charge in [-0.05, 0) is 54.5 Å². The van der Waals surface area contributed by atoms with Gasteiger partial charge in [0.15, 0.2) is 0 Å². The maximum Gasteiger partial charge on any atom is 0.272 e. The molecule has 0 unspecified atom stereocenters. The highest BCUT2D eigenvalue weighted by atomic mass is 79.9. The minimum atomic E-state index is -0.640. The highest BCUT2D eigenvalue weighted by Crippen LogP contribution is 2.24. The van der Waals surface area contributed by atoms with Crippen molar-refractivity contribution in [3.8, 4) is 5.75 Å². The number of carbonyl (C=O) groups excluding carboxylic acids is 2. The zero-order valence-corrected chi connectivity index (χ0v) is 20.4. The predicted molar refractivity (Wildman–Crippen MR) is 134 cm³/mol. The van der Waals surface area contributed by atoms with E-state index in [0.717, 1.165) is 5.56 Å². The Labute approximate surface area is 208 Å². The van der Waals surface area contributed by atoms with Crippen molar-refractivity contribution in [3.05, 3.63) is 103 Å². The van der Waals surface area contributed by atoms with Crippen LogP contribution in [0.4, 0.5) is 11.4 Å². The highest BCUT2D eigenvalue weighted by molar-refractivity contribution is 9.10. The number of nitrogens with zero attached hydrogens (tertiary/aromatic N) is 1. The van der Waals surface area contributed by atoms with Gasteiger partial charge in [-0.15, -0.1) is 0 Å². The maximum atomic E-state index is 13.2. The topological polar surface area (TPSA) is 111 Å². The summed E-state index contributed by atoms with van der Waals surface area (Å²) >= 11 is 9.37. The lowest BCUT2D eigenvalue weighted by atomic mass is 10.1. The van der Waals surface area contributed by atoms with Gasteiger partial charge in [-0.25, -0.2) is 0 Å². The molecule has 0 aliphatic heterocycles. The fourth-order valence-corrected chi connectivity index (χ4v) is 3.55. The molecule has 0 aromatic heterocycles. The summed E-state index contributed by atoms with van der Waals surface area (Å²) in [6, 6.07) is 15.6. The lowest BCUT2D eigenvalue weighted by Crippen LogP contribution is -2.31. The number of non-ortho nitro benzene ring substituents is 1. The zero-order valence-electron chi connectivity index (χ0n) is 18.1. The highest BCUT2D eigenvalue weighted by Gasteiger charge is 2.19. The summed E-state index contributed by atoms with van der Waals surface area (Å²) < 4.78 is 5.90. The Bertz CT molecular complexity index is 1310. The third-order valence-corrected chi connectivity index (χ3v) is 5.47. The second-order valence-electron chi connectivity index (χ2n) is 7.12. The standard InChI is InChI=1S/C24H19BrClN3O5/c1-14-6-8-17(26)13-20(14)27-24(31)21(11-15-4-3-5-18(10-15)29(32)33)28-23(30)19-12-16(25)7-9-22(19)34-2/h3-13H,1-2H3,(H,27,31)(H,28,30). The number of aryl methyl sites for hydroxylation is 1. The minimum absolute atomic E-state index is 0.132. The second-order valence-corrected chi connectivity index (χ2v) is 8.47. The molecule has 10 heteroatoms. The molecule has 0 atom stereocenters. The van der Waals surface area contributed by atoms with Gasteiger partial charge < -0.3 is 15.4 Å². The fraction of sp³-hybridized carbons (Fsp3) is 0.0833. The van der Waals surface area contributed by atoms with Gasteiger partial charge in [-0.2, -0.15) is 0 Å². The van der Waals surface area contributed by atoms with E-state index in [1.54, 1.807) is 49.4 Å². The number of benzene rings is 3. The number of hydrogen-bond acceptors (Lipinski definition) is 5. The number of rotatable bonds is 7. The Kier molecular flexibility index (Phi) is 8.04. The number of nitro groups is 1. The molecule has 0 bridgehead atoms. The van der Waals surface area contributed by atoms with Crippen molar-refractivity contribution in [2.45, 2.75) is 6.92 Å². The lowest BCUT2D eigenvalue weighted by molar-refractivity contribution is -0.384.